The van der Waals surface area contributed by atoms with Crippen LogP contribution in [0.4, 0.5) is 11.4 Å². The molecule has 0 aliphatic rings. The van der Waals surface area contributed by atoms with Gasteiger partial charge in [-0.25, -0.2) is 8.42 Å². The standard InChI is InChI=1S/C18H21BrN2O3S/c1-13(2)14-7-9-17(10-8-14)21(25(3,23)24)12-18(22)20-16-6-4-5-15(19)11-16/h4-11,13H,12H2,1-3H3,(H,20,22). The van der Waals surface area contributed by atoms with Crippen LogP contribution in [0.5, 0.6) is 0 Å². The summed E-state index contributed by atoms with van der Waals surface area (Å²) in [6, 6.07) is 14.3. The van der Waals surface area contributed by atoms with Gasteiger partial charge in [-0.3, -0.25) is 9.10 Å². The fourth-order valence-corrected chi connectivity index (χ4v) is 3.58. The topological polar surface area (TPSA) is 66.5 Å². The first-order valence-corrected chi connectivity index (χ1v) is 10.4. The van der Waals surface area contributed by atoms with Crippen LogP contribution < -0.4 is 9.62 Å². The van der Waals surface area contributed by atoms with Crippen molar-refractivity contribution in [3.8, 4) is 0 Å². The maximum atomic E-state index is 12.3. The molecule has 2 rings (SSSR count). The van der Waals surface area contributed by atoms with Crippen LogP contribution in [-0.4, -0.2) is 27.1 Å². The Labute approximate surface area is 157 Å². The highest BCUT2D eigenvalue weighted by atomic mass is 79.9. The summed E-state index contributed by atoms with van der Waals surface area (Å²) in [5, 5.41) is 2.71. The maximum absolute atomic E-state index is 12.3. The van der Waals surface area contributed by atoms with Crippen LogP contribution in [-0.2, 0) is 14.8 Å². The molecule has 0 heterocycles. The van der Waals surface area contributed by atoms with Gasteiger partial charge in [0.15, 0.2) is 0 Å². The predicted octanol–water partition coefficient (Wildman–Crippen LogP) is 3.98. The highest BCUT2D eigenvalue weighted by Crippen LogP contribution is 2.22. The Morgan fingerprint density at radius 2 is 1.80 bits per heavy atom. The Bertz CT molecular complexity index is 849. The molecule has 134 valence electrons. The molecule has 0 radical (unpaired) electrons. The van der Waals surface area contributed by atoms with Crippen LogP contribution in [0.1, 0.15) is 25.3 Å². The molecule has 25 heavy (non-hydrogen) atoms. The van der Waals surface area contributed by atoms with Gasteiger partial charge in [0.1, 0.15) is 6.54 Å². The van der Waals surface area contributed by atoms with E-state index >= 15 is 0 Å². The molecule has 0 bridgehead atoms. The Morgan fingerprint density at radius 1 is 1.16 bits per heavy atom. The van der Waals surface area contributed by atoms with E-state index in [9.17, 15) is 13.2 Å². The Balaban J connectivity index is 2.19. The lowest BCUT2D eigenvalue weighted by Crippen LogP contribution is -2.37. The first-order chi connectivity index (χ1) is 11.7. The van der Waals surface area contributed by atoms with Crippen LogP contribution in [0, 0.1) is 0 Å². The molecule has 1 N–H and O–H groups in total. The zero-order chi connectivity index (χ0) is 18.6. The van der Waals surface area contributed by atoms with E-state index in [-0.39, 0.29) is 6.54 Å². The molecule has 0 fully saturated rings. The average molecular weight is 425 g/mol. The number of rotatable bonds is 6. The van der Waals surface area contributed by atoms with Crippen molar-refractivity contribution in [3.63, 3.8) is 0 Å². The lowest BCUT2D eigenvalue weighted by Gasteiger charge is -2.22. The molecule has 0 atom stereocenters. The number of amides is 1. The molecule has 0 aliphatic heterocycles. The van der Waals surface area contributed by atoms with Crippen molar-refractivity contribution >= 4 is 43.2 Å². The van der Waals surface area contributed by atoms with Gasteiger partial charge in [-0.05, 0) is 41.8 Å². The van der Waals surface area contributed by atoms with Crippen molar-refractivity contribution in [1.82, 2.24) is 0 Å². The third kappa shape index (κ3) is 5.57. The number of nitrogens with one attached hydrogen (secondary N) is 1. The lowest BCUT2D eigenvalue weighted by molar-refractivity contribution is -0.114. The first-order valence-electron chi connectivity index (χ1n) is 7.80. The number of anilines is 2. The smallest absolute Gasteiger partial charge is 0.245 e. The van der Waals surface area contributed by atoms with E-state index in [1.54, 1.807) is 30.3 Å². The molecule has 5 nitrogen and oxygen atoms in total. The van der Waals surface area contributed by atoms with Crippen molar-refractivity contribution < 1.29 is 13.2 Å². The van der Waals surface area contributed by atoms with Gasteiger partial charge in [0, 0.05) is 10.2 Å². The summed E-state index contributed by atoms with van der Waals surface area (Å²) in [6.45, 7) is 3.84. The SMILES string of the molecule is CC(C)c1ccc(N(CC(=O)Nc2cccc(Br)c2)S(C)(=O)=O)cc1. The molecule has 0 aliphatic carbocycles. The van der Waals surface area contributed by atoms with E-state index in [0.29, 0.717) is 17.3 Å². The number of hydrogen-bond donors (Lipinski definition) is 1. The van der Waals surface area contributed by atoms with E-state index in [2.05, 4.69) is 35.1 Å². The molecule has 7 heteroatoms. The number of carbonyl (C=O) groups excluding carboxylic acids is 1. The molecule has 0 saturated heterocycles. The van der Waals surface area contributed by atoms with E-state index < -0.39 is 15.9 Å². The molecule has 0 aromatic heterocycles. The second-order valence-corrected chi connectivity index (χ2v) is 8.90. The number of carbonyl (C=O) groups is 1. The van der Waals surface area contributed by atoms with Gasteiger partial charge in [-0.1, -0.05) is 48.0 Å². The molecular weight excluding hydrogens is 404 g/mol. The summed E-state index contributed by atoms with van der Waals surface area (Å²) < 4.78 is 26.2. The summed E-state index contributed by atoms with van der Waals surface area (Å²) in [6.07, 6.45) is 1.09. The number of nitrogens with zero attached hydrogens (tertiary/aromatic N) is 1. The van der Waals surface area contributed by atoms with Gasteiger partial charge < -0.3 is 5.32 Å². The number of halogens is 1. The minimum Gasteiger partial charge on any atom is -0.324 e. The van der Waals surface area contributed by atoms with Gasteiger partial charge >= 0.3 is 0 Å². The number of hydrogen-bond acceptors (Lipinski definition) is 3. The van der Waals surface area contributed by atoms with Crippen molar-refractivity contribution in [2.75, 3.05) is 22.4 Å². The number of sulfonamides is 1. The minimum absolute atomic E-state index is 0.285. The van der Waals surface area contributed by atoms with Gasteiger partial charge in [0.05, 0.1) is 11.9 Å². The fraction of sp³-hybridized carbons (Fsp3) is 0.278. The molecular formula is C18H21BrN2O3S. The third-order valence-electron chi connectivity index (χ3n) is 3.64. The first kappa shape index (κ1) is 19.5. The molecule has 0 saturated carbocycles. The summed E-state index contributed by atoms with van der Waals surface area (Å²) in [7, 11) is -3.58. The maximum Gasteiger partial charge on any atom is 0.245 e. The van der Waals surface area contributed by atoms with Crippen molar-refractivity contribution in [2.45, 2.75) is 19.8 Å². The van der Waals surface area contributed by atoms with E-state index in [1.165, 1.54) is 0 Å². The van der Waals surface area contributed by atoms with Gasteiger partial charge in [0.25, 0.3) is 0 Å². The van der Waals surface area contributed by atoms with Gasteiger partial charge in [0.2, 0.25) is 15.9 Å². The Morgan fingerprint density at radius 3 is 2.32 bits per heavy atom. The molecule has 2 aromatic rings. The van der Waals surface area contributed by atoms with Crippen molar-refractivity contribution in [2.24, 2.45) is 0 Å². The van der Waals surface area contributed by atoms with Crippen LogP contribution in [0.15, 0.2) is 53.0 Å². The van der Waals surface area contributed by atoms with Gasteiger partial charge in [-0.15, -0.1) is 0 Å². The van der Waals surface area contributed by atoms with E-state index in [1.807, 2.05) is 18.2 Å². The predicted molar refractivity (Wildman–Crippen MR) is 105 cm³/mol. The monoisotopic (exact) mass is 424 g/mol. The second-order valence-electron chi connectivity index (χ2n) is 6.07. The second kappa shape index (κ2) is 8.01. The fourth-order valence-electron chi connectivity index (χ4n) is 2.32. The lowest BCUT2D eigenvalue weighted by atomic mass is 10.0. The summed E-state index contributed by atoms with van der Waals surface area (Å²) in [5.41, 5.74) is 2.18. The van der Waals surface area contributed by atoms with Crippen LogP contribution >= 0.6 is 15.9 Å². The highest BCUT2D eigenvalue weighted by Gasteiger charge is 2.21. The summed E-state index contributed by atoms with van der Waals surface area (Å²) in [5.74, 6) is -0.0583. The van der Waals surface area contributed by atoms with Gasteiger partial charge in [-0.2, -0.15) is 0 Å². The molecule has 0 spiro atoms. The molecule has 0 unspecified atom stereocenters. The Hall–Kier alpha value is -1.86. The zero-order valence-electron chi connectivity index (χ0n) is 14.4. The van der Waals surface area contributed by atoms with Crippen LogP contribution in [0.2, 0.25) is 0 Å². The quantitative estimate of drug-likeness (QED) is 0.762. The molecule has 1 amide bonds. The average Bonchev–Trinajstić information content (AvgIpc) is 2.51. The largest absolute Gasteiger partial charge is 0.324 e. The number of benzene rings is 2. The molecule has 2 aromatic carbocycles. The van der Waals surface area contributed by atoms with Crippen LogP contribution in [0.3, 0.4) is 0 Å². The highest BCUT2D eigenvalue weighted by molar-refractivity contribution is 9.10. The van der Waals surface area contributed by atoms with Crippen LogP contribution in [0.25, 0.3) is 0 Å². The van der Waals surface area contributed by atoms with Crippen molar-refractivity contribution in [1.29, 1.82) is 0 Å². The zero-order valence-corrected chi connectivity index (χ0v) is 16.8. The summed E-state index contributed by atoms with van der Waals surface area (Å²) >= 11 is 3.33. The van der Waals surface area contributed by atoms with E-state index in [0.717, 1.165) is 20.6 Å². The minimum atomic E-state index is -3.58. The van der Waals surface area contributed by atoms with Crippen molar-refractivity contribution in [3.05, 3.63) is 58.6 Å². The third-order valence-corrected chi connectivity index (χ3v) is 5.28. The Kier molecular flexibility index (Phi) is 6.24. The summed E-state index contributed by atoms with van der Waals surface area (Å²) in [4.78, 5) is 12.3. The van der Waals surface area contributed by atoms with E-state index in [4.69, 9.17) is 0 Å². The normalized spacial score (nSPS) is 11.4.